The van der Waals surface area contributed by atoms with Crippen molar-refractivity contribution in [2.24, 2.45) is 10.9 Å². The summed E-state index contributed by atoms with van der Waals surface area (Å²) in [6, 6.07) is 21.3. The Hall–Kier alpha value is -4.91. The molecule has 4 aromatic carbocycles. The monoisotopic (exact) mass is 488 g/mol. The summed E-state index contributed by atoms with van der Waals surface area (Å²) in [6.45, 7) is 4.09. The number of nitrogens with two attached hydrogens (primary N) is 1. The van der Waals surface area contributed by atoms with Gasteiger partial charge < -0.3 is 15.8 Å². The molecule has 182 valence electrons. The van der Waals surface area contributed by atoms with Gasteiger partial charge in [0.05, 0.1) is 16.8 Å². The number of aromatic nitrogens is 2. The van der Waals surface area contributed by atoms with E-state index in [-0.39, 0.29) is 12.4 Å². The van der Waals surface area contributed by atoms with Crippen molar-refractivity contribution in [1.82, 2.24) is 9.55 Å². The molecular weight excluding hydrogens is 464 g/mol. The predicted molar refractivity (Wildman–Crippen MR) is 147 cm³/mol. The van der Waals surface area contributed by atoms with Gasteiger partial charge in [0, 0.05) is 33.3 Å². The highest BCUT2D eigenvalue weighted by Gasteiger charge is 2.20. The van der Waals surface area contributed by atoms with Crippen LogP contribution >= 0.6 is 0 Å². The Morgan fingerprint density at radius 2 is 1.84 bits per heavy atom. The van der Waals surface area contributed by atoms with Crippen molar-refractivity contribution in [3.63, 3.8) is 0 Å². The maximum atomic E-state index is 12.3. The number of nitroso groups, excluding NO2 is 1. The fourth-order valence-electron chi connectivity index (χ4n) is 5.33. The summed E-state index contributed by atoms with van der Waals surface area (Å²) in [5, 5.41) is 17.6. The second kappa shape index (κ2) is 8.34. The Bertz CT molecular complexity index is 1890. The Balaban J connectivity index is 1.62. The summed E-state index contributed by atoms with van der Waals surface area (Å²) in [4.78, 5) is 26.4. The molecule has 0 radical (unpaired) electrons. The van der Waals surface area contributed by atoms with Gasteiger partial charge in [0.25, 0.3) is 5.91 Å². The van der Waals surface area contributed by atoms with E-state index >= 15 is 0 Å². The van der Waals surface area contributed by atoms with Crippen molar-refractivity contribution >= 4 is 38.5 Å². The number of primary amides is 1. The molecule has 0 aliphatic rings. The van der Waals surface area contributed by atoms with Crippen LogP contribution in [0.1, 0.15) is 27.0 Å². The van der Waals surface area contributed by atoms with Gasteiger partial charge in [-0.05, 0) is 60.4 Å². The number of carbonyl (C=O) groups is 1. The lowest BCUT2D eigenvalue weighted by molar-refractivity contribution is 0.100. The highest BCUT2D eigenvalue weighted by atomic mass is 16.3. The van der Waals surface area contributed by atoms with Crippen LogP contribution in [0.3, 0.4) is 0 Å². The quantitative estimate of drug-likeness (QED) is 0.237. The number of H-pyrrole nitrogens is 1. The number of aryl methyl sites for hydroxylation is 1. The van der Waals surface area contributed by atoms with Crippen LogP contribution in [0.4, 0.5) is 0 Å². The van der Waals surface area contributed by atoms with Gasteiger partial charge in [0.2, 0.25) is 5.88 Å². The molecular formula is C30H24N4O3. The van der Waals surface area contributed by atoms with E-state index < -0.39 is 5.91 Å². The second-order valence-corrected chi connectivity index (χ2v) is 9.43. The van der Waals surface area contributed by atoms with Gasteiger partial charge in [0.15, 0.2) is 0 Å². The van der Waals surface area contributed by atoms with Gasteiger partial charge in [-0.2, -0.15) is 4.91 Å². The number of aromatic hydroxyl groups is 1. The molecule has 0 saturated carbocycles. The third-order valence-corrected chi connectivity index (χ3v) is 7.13. The summed E-state index contributed by atoms with van der Waals surface area (Å²) in [5.41, 5.74) is 13.1. The van der Waals surface area contributed by atoms with Gasteiger partial charge in [0.1, 0.15) is 6.54 Å². The van der Waals surface area contributed by atoms with Crippen LogP contribution in [0.2, 0.25) is 0 Å². The summed E-state index contributed by atoms with van der Waals surface area (Å²) in [5.74, 6) is -0.334. The summed E-state index contributed by atoms with van der Waals surface area (Å²) < 4.78 is 1.81. The van der Waals surface area contributed by atoms with Crippen LogP contribution in [0.15, 0.2) is 78.1 Å². The van der Waals surface area contributed by atoms with Gasteiger partial charge in [-0.1, -0.05) is 53.2 Å². The smallest absolute Gasteiger partial charge is 0.250 e. The third-order valence-electron chi connectivity index (χ3n) is 7.13. The lowest BCUT2D eigenvalue weighted by Crippen LogP contribution is -2.11. The van der Waals surface area contributed by atoms with Crippen molar-refractivity contribution in [3.8, 4) is 22.7 Å². The van der Waals surface area contributed by atoms with E-state index in [9.17, 15) is 14.8 Å². The van der Waals surface area contributed by atoms with E-state index in [1.54, 1.807) is 6.07 Å². The van der Waals surface area contributed by atoms with Crippen molar-refractivity contribution in [2.75, 3.05) is 0 Å². The first-order valence-electron chi connectivity index (χ1n) is 11.9. The number of hydrogen-bond acceptors (Lipinski definition) is 4. The van der Waals surface area contributed by atoms with Gasteiger partial charge >= 0.3 is 0 Å². The minimum absolute atomic E-state index is 0.0657. The van der Waals surface area contributed by atoms with Crippen LogP contribution < -0.4 is 5.73 Å². The van der Waals surface area contributed by atoms with Crippen LogP contribution in [-0.4, -0.2) is 20.6 Å². The molecule has 6 rings (SSSR count). The molecule has 0 bridgehead atoms. The molecule has 0 aliphatic heterocycles. The number of nitrogens with one attached hydrogen (secondary N) is 1. The SMILES string of the molecule is Cc1ccc2cn(-c3cccc(-c4ccc(C(N)=O)c5[nH]c6cc(CN=O)ccc6c45)c3C)c(O)c2c1. The zero-order valence-corrected chi connectivity index (χ0v) is 20.4. The Labute approximate surface area is 212 Å². The molecule has 0 unspecified atom stereocenters. The van der Waals surface area contributed by atoms with E-state index in [0.717, 1.165) is 60.6 Å². The Kier molecular flexibility index (Phi) is 5.08. The molecule has 6 aromatic rings. The Morgan fingerprint density at radius 1 is 1.00 bits per heavy atom. The number of amides is 1. The van der Waals surface area contributed by atoms with Gasteiger partial charge in [-0.25, -0.2) is 0 Å². The third kappa shape index (κ3) is 3.47. The molecule has 0 saturated heterocycles. The molecule has 2 aromatic heterocycles. The average molecular weight is 489 g/mol. The summed E-state index contributed by atoms with van der Waals surface area (Å²) >= 11 is 0. The van der Waals surface area contributed by atoms with Crippen molar-refractivity contribution in [2.45, 2.75) is 20.4 Å². The number of nitrogens with zero attached hydrogens (tertiary/aromatic N) is 2. The van der Waals surface area contributed by atoms with Crippen molar-refractivity contribution in [1.29, 1.82) is 0 Å². The average Bonchev–Trinajstić information content (AvgIpc) is 3.41. The Morgan fingerprint density at radius 3 is 2.62 bits per heavy atom. The minimum Gasteiger partial charge on any atom is -0.494 e. The van der Waals surface area contributed by atoms with E-state index in [4.69, 9.17) is 5.73 Å². The van der Waals surface area contributed by atoms with Gasteiger partial charge in [-0.3, -0.25) is 9.36 Å². The number of fused-ring (bicyclic) bond motifs is 4. The first-order valence-corrected chi connectivity index (χ1v) is 11.9. The maximum absolute atomic E-state index is 12.3. The van der Waals surface area contributed by atoms with Crippen LogP contribution in [0.5, 0.6) is 5.88 Å². The van der Waals surface area contributed by atoms with Crippen LogP contribution in [-0.2, 0) is 6.54 Å². The second-order valence-electron chi connectivity index (χ2n) is 9.43. The highest BCUT2D eigenvalue weighted by Crippen LogP contribution is 2.40. The molecule has 2 heterocycles. The van der Waals surface area contributed by atoms with E-state index in [0.29, 0.717) is 11.1 Å². The van der Waals surface area contributed by atoms with Gasteiger partial charge in [-0.15, -0.1) is 0 Å². The largest absolute Gasteiger partial charge is 0.494 e. The van der Waals surface area contributed by atoms with E-state index in [2.05, 4.69) is 10.2 Å². The van der Waals surface area contributed by atoms with E-state index in [1.807, 2.05) is 85.3 Å². The number of carbonyl (C=O) groups excluding carboxylic acids is 1. The van der Waals surface area contributed by atoms with Crippen LogP contribution in [0, 0.1) is 18.8 Å². The van der Waals surface area contributed by atoms with Crippen molar-refractivity contribution in [3.05, 3.63) is 100 Å². The highest BCUT2D eigenvalue weighted by molar-refractivity contribution is 6.20. The zero-order valence-electron chi connectivity index (χ0n) is 20.4. The normalized spacial score (nSPS) is 11.5. The first-order chi connectivity index (χ1) is 17.9. The molecule has 7 nitrogen and oxygen atoms in total. The first kappa shape index (κ1) is 22.5. The molecule has 0 spiro atoms. The standard InChI is InChI=1S/C30H24N4O3/c1-16-6-8-19-15-34(30(36)24(19)12-16)26-5-3-4-20(17(26)2)21-10-11-23(29(31)35)28-27(21)22-9-7-18(14-32-37)13-25(22)33-28/h3-13,15,33,36H,14H2,1-2H3,(H2,31,35). The number of aromatic amines is 1. The molecule has 4 N–H and O–H groups in total. The van der Waals surface area contributed by atoms with Crippen molar-refractivity contribution < 1.29 is 9.90 Å². The minimum atomic E-state index is -0.525. The molecule has 1 amide bonds. The lowest BCUT2D eigenvalue weighted by Gasteiger charge is -2.15. The lowest BCUT2D eigenvalue weighted by atomic mass is 9.93. The molecule has 0 atom stereocenters. The maximum Gasteiger partial charge on any atom is 0.250 e. The number of hydrogen-bond donors (Lipinski definition) is 3. The fraction of sp³-hybridized carbons (Fsp3) is 0.100. The predicted octanol–water partition coefficient (Wildman–Crippen LogP) is 6.62. The van der Waals surface area contributed by atoms with E-state index in [1.165, 1.54) is 0 Å². The number of rotatable bonds is 5. The topological polar surface area (TPSA) is 113 Å². The zero-order chi connectivity index (χ0) is 25.8. The summed E-state index contributed by atoms with van der Waals surface area (Å²) in [6.07, 6.45) is 1.94. The van der Waals surface area contributed by atoms with Crippen LogP contribution in [0.25, 0.3) is 49.4 Å². The molecule has 0 fully saturated rings. The summed E-state index contributed by atoms with van der Waals surface area (Å²) in [7, 11) is 0. The number of benzene rings is 4. The fourth-order valence-corrected chi connectivity index (χ4v) is 5.33. The molecule has 37 heavy (non-hydrogen) atoms. The molecule has 7 heteroatoms. The molecule has 0 aliphatic carbocycles.